The average Bonchev–Trinajstić information content (AvgIpc) is 2.65. The van der Waals surface area contributed by atoms with Gasteiger partial charge in [-0.1, -0.05) is 38.5 Å². The topological polar surface area (TPSA) is 87.7 Å². The van der Waals surface area contributed by atoms with Crippen LogP contribution in [0.2, 0.25) is 0 Å². The minimum Gasteiger partial charge on any atom is -0.480 e. The maximum absolute atomic E-state index is 11.3. The van der Waals surface area contributed by atoms with Crippen LogP contribution < -0.4 is 10.6 Å². The van der Waals surface area contributed by atoms with Gasteiger partial charge in [0.2, 0.25) is 0 Å². The van der Waals surface area contributed by atoms with Crippen molar-refractivity contribution in [2.45, 2.75) is 115 Å². The van der Waals surface area contributed by atoms with E-state index < -0.39 is 23.7 Å². The first-order valence-electron chi connectivity index (χ1n) is 11.2. The summed E-state index contributed by atoms with van der Waals surface area (Å²) in [5.41, 5.74) is -0.618. The number of amides is 1. The van der Waals surface area contributed by atoms with E-state index in [1.165, 1.54) is 76.0 Å². The fourth-order valence-corrected chi connectivity index (χ4v) is 4.29. The summed E-state index contributed by atoms with van der Waals surface area (Å²) in [5, 5.41) is 15.1. The Bertz CT molecular complexity index is 454. The molecule has 170 valence electrons. The quantitative estimate of drug-likeness (QED) is 0.529. The number of rotatable bonds is 7. The number of nitrogens with one attached hydrogen (secondary N) is 2. The molecule has 2 fully saturated rings. The smallest absolute Gasteiger partial charge is 0.408 e. The highest BCUT2D eigenvalue weighted by atomic mass is 32.2. The second kappa shape index (κ2) is 14.1. The lowest BCUT2D eigenvalue weighted by Crippen LogP contribution is -2.43. The number of hydrogen-bond donors (Lipinski definition) is 3. The molecule has 0 saturated heterocycles. The number of carboxylic acids is 1. The zero-order chi connectivity index (χ0) is 21.7. The molecule has 6 nitrogen and oxygen atoms in total. The zero-order valence-electron chi connectivity index (χ0n) is 18.8. The molecule has 2 rings (SSSR count). The Hall–Kier alpha value is -0.950. The summed E-state index contributed by atoms with van der Waals surface area (Å²) >= 11 is 1.53. The summed E-state index contributed by atoms with van der Waals surface area (Å²) in [6.07, 6.45) is 16.1. The standard InChI is InChI=1S/C12H23N.C10H19NO4S/c1-3-7-11(8-4-1)13-12-9-5-2-6-10-12;1-10(2,3)15-9(14)11-7(8(12)13)5-6-16-4/h11-13H,1-10H2;7H,5-6H2,1-4H3,(H,11,14)(H,12,13). The molecule has 1 unspecified atom stereocenters. The molecule has 2 aliphatic carbocycles. The van der Waals surface area contributed by atoms with Crippen LogP contribution in [0.4, 0.5) is 4.79 Å². The fraction of sp³-hybridized carbons (Fsp3) is 0.909. The fourth-order valence-electron chi connectivity index (χ4n) is 3.81. The lowest BCUT2D eigenvalue weighted by atomic mass is 9.91. The van der Waals surface area contributed by atoms with Crippen molar-refractivity contribution in [2.24, 2.45) is 0 Å². The normalized spacial score (nSPS) is 19.6. The van der Waals surface area contributed by atoms with Gasteiger partial charge in [-0.3, -0.25) is 0 Å². The van der Waals surface area contributed by atoms with E-state index in [4.69, 9.17) is 9.84 Å². The highest BCUT2D eigenvalue weighted by Gasteiger charge is 2.23. The Kier molecular flexibility index (Phi) is 12.7. The molecule has 0 aromatic rings. The first kappa shape index (κ1) is 26.1. The summed E-state index contributed by atoms with van der Waals surface area (Å²) < 4.78 is 4.98. The second-order valence-corrected chi connectivity index (χ2v) is 10.1. The van der Waals surface area contributed by atoms with E-state index in [1.54, 1.807) is 20.8 Å². The molecule has 2 saturated carbocycles. The average molecular weight is 431 g/mol. The van der Waals surface area contributed by atoms with Crippen molar-refractivity contribution in [3.8, 4) is 0 Å². The van der Waals surface area contributed by atoms with Crippen LogP contribution in [0.3, 0.4) is 0 Å². The first-order chi connectivity index (χ1) is 13.7. The van der Waals surface area contributed by atoms with Gasteiger partial charge >= 0.3 is 12.1 Å². The monoisotopic (exact) mass is 430 g/mol. The summed E-state index contributed by atoms with van der Waals surface area (Å²) in [6, 6.07) is 0.857. The van der Waals surface area contributed by atoms with Crippen LogP contribution in [0.25, 0.3) is 0 Å². The van der Waals surface area contributed by atoms with Crippen LogP contribution in [-0.2, 0) is 9.53 Å². The summed E-state index contributed by atoms with van der Waals surface area (Å²) in [5.74, 6) is -0.368. The molecule has 7 heteroatoms. The van der Waals surface area contributed by atoms with Gasteiger partial charge in [0.1, 0.15) is 11.6 Å². The lowest BCUT2D eigenvalue weighted by molar-refractivity contribution is -0.139. The molecule has 0 aliphatic heterocycles. The van der Waals surface area contributed by atoms with Gasteiger partial charge < -0.3 is 20.5 Å². The van der Waals surface area contributed by atoms with Gasteiger partial charge in [0.25, 0.3) is 0 Å². The Morgan fingerprint density at radius 1 is 1.00 bits per heavy atom. The van der Waals surface area contributed by atoms with Gasteiger partial charge in [0.15, 0.2) is 0 Å². The van der Waals surface area contributed by atoms with E-state index in [-0.39, 0.29) is 0 Å². The summed E-state index contributed by atoms with van der Waals surface area (Å²) in [4.78, 5) is 22.2. The molecule has 0 aromatic heterocycles. The Balaban J connectivity index is 0.000000294. The third-order valence-corrected chi connectivity index (χ3v) is 5.93. The second-order valence-electron chi connectivity index (χ2n) is 9.16. The molecule has 0 spiro atoms. The number of ether oxygens (including phenoxy) is 1. The van der Waals surface area contributed by atoms with Gasteiger partial charge in [-0.15, -0.1) is 0 Å². The number of alkyl carbamates (subject to hydrolysis) is 1. The summed E-state index contributed by atoms with van der Waals surface area (Å²) in [6.45, 7) is 5.18. The molecule has 2 aliphatic rings. The van der Waals surface area contributed by atoms with Crippen molar-refractivity contribution in [1.82, 2.24) is 10.6 Å². The maximum atomic E-state index is 11.3. The molecule has 0 heterocycles. The Morgan fingerprint density at radius 2 is 1.48 bits per heavy atom. The molecule has 0 aromatic carbocycles. The van der Waals surface area contributed by atoms with Crippen LogP contribution >= 0.6 is 11.8 Å². The van der Waals surface area contributed by atoms with Crippen LogP contribution in [0, 0.1) is 0 Å². The van der Waals surface area contributed by atoms with Gasteiger partial charge in [-0.05, 0) is 64.9 Å². The third-order valence-electron chi connectivity index (χ3n) is 5.28. The number of thioether (sulfide) groups is 1. The number of carbonyl (C=O) groups excluding carboxylic acids is 1. The minimum absolute atomic E-state index is 0.385. The molecule has 29 heavy (non-hydrogen) atoms. The largest absolute Gasteiger partial charge is 0.480 e. The van der Waals surface area contributed by atoms with Crippen molar-refractivity contribution < 1.29 is 19.4 Å². The van der Waals surface area contributed by atoms with E-state index in [2.05, 4.69) is 10.6 Å². The molecule has 0 radical (unpaired) electrons. The van der Waals surface area contributed by atoms with Crippen LogP contribution in [0.5, 0.6) is 0 Å². The van der Waals surface area contributed by atoms with Crippen molar-refractivity contribution >= 4 is 23.8 Å². The maximum Gasteiger partial charge on any atom is 0.408 e. The number of hydrogen-bond acceptors (Lipinski definition) is 5. The van der Waals surface area contributed by atoms with Gasteiger partial charge in [-0.25, -0.2) is 9.59 Å². The van der Waals surface area contributed by atoms with Gasteiger partial charge in [-0.2, -0.15) is 11.8 Å². The predicted octanol–water partition coefficient (Wildman–Crippen LogP) is 4.96. The van der Waals surface area contributed by atoms with Gasteiger partial charge in [0, 0.05) is 12.1 Å². The molecular formula is C22H42N2O4S. The zero-order valence-corrected chi connectivity index (χ0v) is 19.6. The number of carboxylic acid groups (broad SMARTS) is 1. The van der Waals surface area contributed by atoms with E-state index in [0.29, 0.717) is 12.2 Å². The molecule has 3 N–H and O–H groups in total. The Morgan fingerprint density at radius 3 is 1.86 bits per heavy atom. The highest BCUT2D eigenvalue weighted by molar-refractivity contribution is 7.98. The van der Waals surface area contributed by atoms with Crippen molar-refractivity contribution in [2.75, 3.05) is 12.0 Å². The van der Waals surface area contributed by atoms with E-state index >= 15 is 0 Å². The number of aliphatic carboxylic acids is 1. The van der Waals surface area contributed by atoms with Crippen LogP contribution in [0.15, 0.2) is 0 Å². The molecular weight excluding hydrogens is 388 g/mol. The summed E-state index contributed by atoms with van der Waals surface area (Å²) in [7, 11) is 0. The Labute approximate surface area is 181 Å². The molecule has 1 amide bonds. The van der Waals surface area contributed by atoms with Crippen LogP contribution in [0.1, 0.15) is 91.4 Å². The van der Waals surface area contributed by atoms with E-state index in [1.807, 2.05) is 6.26 Å². The predicted molar refractivity (Wildman–Crippen MR) is 121 cm³/mol. The van der Waals surface area contributed by atoms with E-state index in [0.717, 1.165) is 12.1 Å². The first-order valence-corrected chi connectivity index (χ1v) is 12.6. The lowest BCUT2D eigenvalue weighted by Gasteiger charge is -2.30. The molecule has 0 bridgehead atoms. The number of carbonyl (C=O) groups is 2. The van der Waals surface area contributed by atoms with Crippen molar-refractivity contribution in [3.63, 3.8) is 0 Å². The highest BCUT2D eigenvalue weighted by Crippen LogP contribution is 2.22. The third kappa shape index (κ3) is 13.1. The SMILES string of the molecule is C1CCC(NC2CCCCC2)CC1.CSCCC(NC(=O)OC(C)(C)C)C(=O)O. The van der Waals surface area contributed by atoms with Crippen molar-refractivity contribution in [3.05, 3.63) is 0 Å². The van der Waals surface area contributed by atoms with Gasteiger partial charge in [0.05, 0.1) is 0 Å². The minimum atomic E-state index is -1.04. The van der Waals surface area contributed by atoms with E-state index in [9.17, 15) is 9.59 Å². The van der Waals surface area contributed by atoms with Crippen molar-refractivity contribution in [1.29, 1.82) is 0 Å². The van der Waals surface area contributed by atoms with Crippen LogP contribution in [-0.4, -0.2) is 52.9 Å². The molecule has 1 atom stereocenters.